The van der Waals surface area contributed by atoms with E-state index in [4.69, 9.17) is 0 Å². The van der Waals surface area contributed by atoms with Gasteiger partial charge in [-0.05, 0) is 19.4 Å². The molecule has 1 aromatic heterocycles. The van der Waals surface area contributed by atoms with Crippen LogP contribution < -0.4 is 10.6 Å². The van der Waals surface area contributed by atoms with Crippen LogP contribution in [0.2, 0.25) is 0 Å². The van der Waals surface area contributed by atoms with Crippen molar-refractivity contribution in [1.29, 1.82) is 0 Å². The van der Waals surface area contributed by atoms with E-state index in [9.17, 15) is 18.4 Å². The number of rotatable bonds is 8. The standard InChI is InChI=1S/C20H25F2N5O2/c1-14-23-7-10-26(14)9-3-6-24-18(28)12-17-20(29)25-8-11-27(17)13-15-4-2-5-16(21)19(15)22/h2,4-5,7,10,17H,3,6,8-9,11-13H2,1H3,(H,24,28)(H,25,29). The van der Waals surface area contributed by atoms with Gasteiger partial charge in [-0.2, -0.15) is 0 Å². The monoisotopic (exact) mass is 405 g/mol. The summed E-state index contributed by atoms with van der Waals surface area (Å²) in [5.41, 5.74) is 0.167. The maximum absolute atomic E-state index is 14.0. The first-order chi connectivity index (χ1) is 14.0. The summed E-state index contributed by atoms with van der Waals surface area (Å²) >= 11 is 0. The van der Waals surface area contributed by atoms with E-state index in [2.05, 4.69) is 15.6 Å². The van der Waals surface area contributed by atoms with Gasteiger partial charge in [0.15, 0.2) is 11.6 Å². The van der Waals surface area contributed by atoms with Crippen LogP contribution in [0, 0.1) is 18.6 Å². The summed E-state index contributed by atoms with van der Waals surface area (Å²) in [5.74, 6) is -1.46. The quantitative estimate of drug-likeness (QED) is 0.650. The van der Waals surface area contributed by atoms with Crippen LogP contribution in [0.4, 0.5) is 8.78 Å². The zero-order valence-electron chi connectivity index (χ0n) is 16.3. The van der Waals surface area contributed by atoms with Gasteiger partial charge in [0, 0.05) is 50.7 Å². The molecule has 0 saturated carbocycles. The molecule has 9 heteroatoms. The molecule has 1 aliphatic heterocycles. The number of carbonyl (C=O) groups is 2. The molecule has 1 aromatic carbocycles. The molecule has 0 aliphatic carbocycles. The predicted octanol–water partition coefficient (Wildman–Crippen LogP) is 1.37. The molecule has 2 aromatic rings. The van der Waals surface area contributed by atoms with Crippen molar-refractivity contribution in [2.45, 2.75) is 38.9 Å². The van der Waals surface area contributed by atoms with Gasteiger partial charge in [-0.25, -0.2) is 13.8 Å². The highest BCUT2D eigenvalue weighted by molar-refractivity contribution is 5.88. The first-order valence-electron chi connectivity index (χ1n) is 9.65. The van der Waals surface area contributed by atoms with Crippen LogP contribution in [0.1, 0.15) is 24.2 Å². The minimum atomic E-state index is -0.925. The normalized spacial score (nSPS) is 17.2. The molecule has 1 atom stereocenters. The van der Waals surface area contributed by atoms with Crippen LogP contribution in [0.25, 0.3) is 0 Å². The van der Waals surface area contributed by atoms with Crippen molar-refractivity contribution in [3.63, 3.8) is 0 Å². The lowest BCUT2D eigenvalue weighted by molar-refractivity contribution is -0.134. The van der Waals surface area contributed by atoms with Crippen LogP contribution in [0.3, 0.4) is 0 Å². The minimum absolute atomic E-state index is 0.0348. The average molecular weight is 405 g/mol. The third-order valence-electron chi connectivity index (χ3n) is 5.05. The van der Waals surface area contributed by atoms with Crippen molar-refractivity contribution in [2.75, 3.05) is 19.6 Å². The number of hydrogen-bond acceptors (Lipinski definition) is 4. The Morgan fingerprint density at radius 1 is 1.38 bits per heavy atom. The third kappa shape index (κ3) is 5.38. The Kier molecular flexibility index (Phi) is 6.92. The molecule has 1 fully saturated rings. The van der Waals surface area contributed by atoms with Crippen molar-refractivity contribution in [1.82, 2.24) is 25.1 Å². The van der Waals surface area contributed by atoms with E-state index in [-0.39, 0.29) is 30.3 Å². The summed E-state index contributed by atoms with van der Waals surface area (Å²) in [7, 11) is 0. The number of nitrogens with zero attached hydrogens (tertiary/aromatic N) is 3. The average Bonchev–Trinajstić information content (AvgIpc) is 3.10. The molecule has 156 valence electrons. The highest BCUT2D eigenvalue weighted by atomic mass is 19.2. The summed E-state index contributed by atoms with van der Waals surface area (Å²) < 4.78 is 29.5. The first-order valence-corrected chi connectivity index (χ1v) is 9.65. The zero-order valence-corrected chi connectivity index (χ0v) is 16.3. The fraction of sp³-hybridized carbons (Fsp3) is 0.450. The third-order valence-corrected chi connectivity index (χ3v) is 5.05. The van der Waals surface area contributed by atoms with Gasteiger partial charge in [-0.3, -0.25) is 14.5 Å². The molecule has 1 unspecified atom stereocenters. The lowest BCUT2D eigenvalue weighted by atomic mass is 10.1. The predicted molar refractivity (Wildman–Crippen MR) is 103 cm³/mol. The summed E-state index contributed by atoms with van der Waals surface area (Å²) in [6.45, 7) is 4.05. The molecule has 2 N–H and O–H groups in total. The fourth-order valence-electron chi connectivity index (χ4n) is 3.43. The van der Waals surface area contributed by atoms with Crippen molar-refractivity contribution >= 4 is 11.8 Å². The zero-order chi connectivity index (χ0) is 20.8. The van der Waals surface area contributed by atoms with Gasteiger partial charge in [0.1, 0.15) is 5.82 Å². The van der Waals surface area contributed by atoms with E-state index in [0.717, 1.165) is 24.9 Å². The molecular weight excluding hydrogens is 380 g/mol. The van der Waals surface area contributed by atoms with Crippen LogP contribution in [0.5, 0.6) is 0 Å². The van der Waals surface area contributed by atoms with Crippen LogP contribution in [-0.2, 0) is 22.7 Å². The fourth-order valence-corrected chi connectivity index (χ4v) is 3.43. The molecule has 2 amide bonds. The van der Waals surface area contributed by atoms with Gasteiger partial charge in [0.05, 0.1) is 12.5 Å². The molecule has 0 radical (unpaired) electrons. The lowest BCUT2D eigenvalue weighted by Crippen LogP contribution is -2.56. The van der Waals surface area contributed by atoms with Crippen molar-refractivity contribution in [2.24, 2.45) is 0 Å². The Labute approximate surface area is 168 Å². The summed E-state index contributed by atoms with van der Waals surface area (Å²) in [6.07, 6.45) is 4.31. The lowest BCUT2D eigenvalue weighted by Gasteiger charge is -2.34. The molecule has 1 saturated heterocycles. The molecule has 0 spiro atoms. The Bertz CT molecular complexity index is 870. The van der Waals surface area contributed by atoms with Crippen molar-refractivity contribution < 1.29 is 18.4 Å². The molecule has 1 aliphatic rings. The molecule has 29 heavy (non-hydrogen) atoms. The van der Waals surface area contributed by atoms with E-state index in [1.807, 2.05) is 17.7 Å². The number of hydrogen-bond donors (Lipinski definition) is 2. The number of piperazine rings is 1. The number of amides is 2. The number of carbonyl (C=O) groups excluding carboxylic acids is 2. The SMILES string of the molecule is Cc1nccn1CCCNC(=O)CC1C(=O)NCCN1Cc1cccc(F)c1F. The molecule has 3 rings (SSSR count). The second-order valence-electron chi connectivity index (χ2n) is 7.07. The largest absolute Gasteiger partial charge is 0.356 e. The Hall–Kier alpha value is -2.81. The van der Waals surface area contributed by atoms with Gasteiger partial charge in [0.2, 0.25) is 11.8 Å². The maximum Gasteiger partial charge on any atom is 0.237 e. The molecule has 2 heterocycles. The van der Waals surface area contributed by atoms with Crippen LogP contribution in [-0.4, -0.2) is 51.9 Å². The summed E-state index contributed by atoms with van der Waals surface area (Å²) in [6, 6.07) is 3.25. The van der Waals surface area contributed by atoms with Crippen LogP contribution in [0.15, 0.2) is 30.6 Å². The second-order valence-corrected chi connectivity index (χ2v) is 7.07. The smallest absolute Gasteiger partial charge is 0.237 e. The van der Waals surface area contributed by atoms with Gasteiger partial charge in [-0.15, -0.1) is 0 Å². The summed E-state index contributed by atoms with van der Waals surface area (Å²) in [5, 5.41) is 5.56. The molecule has 7 nitrogen and oxygen atoms in total. The van der Waals surface area contributed by atoms with Crippen molar-refractivity contribution in [3.8, 4) is 0 Å². The topological polar surface area (TPSA) is 79.3 Å². The first kappa shape index (κ1) is 20.9. The number of benzene rings is 1. The van der Waals surface area contributed by atoms with Gasteiger partial charge in [0.25, 0.3) is 0 Å². The van der Waals surface area contributed by atoms with Crippen molar-refractivity contribution in [3.05, 3.63) is 53.6 Å². The number of aromatic nitrogens is 2. The van der Waals surface area contributed by atoms with E-state index in [1.54, 1.807) is 11.1 Å². The second kappa shape index (κ2) is 9.60. The minimum Gasteiger partial charge on any atom is -0.356 e. The summed E-state index contributed by atoms with van der Waals surface area (Å²) in [4.78, 5) is 30.5. The van der Waals surface area contributed by atoms with E-state index >= 15 is 0 Å². The Morgan fingerprint density at radius 3 is 2.97 bits per heavy atom. The van der Waals surface area contributed by atoms with Gasteiger partial charge in [-0.1, -0.05) is 12.1 Å². The number of aryl methyl sites for hydroxylation is 2. The Morgan fingerprint density at radius 2 is 2.21 bits per heavy atom. The van der Waals surface area contributed by atoms with E-state index < -0.39 is 17.7 Å². The molecule has 0 bridgehead atoms. The number of imidazole rings is 1. The number of halogens is 2. The maximum atomic E-state index is 14.0. The Balaban J connectivity index is 1.53. The van der Waals surface area contributed by atoms with Gasteiger partial charge >= 0.3 is 0 Å². The van der Waals surface area contributed by atoms with E-state index in [1.165, 1.54) is 12.1 Å². The number of nitrogens with one attached hydrogen (secondary N) is 2. The van der Waals surface area contributed by atoms with Crippen LogP contribution >= 0.6 is 0 Å². The highest BCUT2D eigenvalue weighted by Crippen LogP contribution is 2.18. The molecular formula is C20H25F2N5O2. The van der Waals surface area contributed by atoms with Gasteiger partial charge < -0.3 is 15.2 Å². The van der Waals surface area contributed by atoms with E-state index in [0.29, 0.717) is 19.6 Å². The highest BCUT2D eigenvalue weighted by Gasteiger charge is 2.32.